The van der Waals surface area contributed by atoms with Crippen LogP contribution in [-0.2, 0) is 0 Å². The van der Waals surface area contributed by atoms with Crippen molar-refractivity contribution in [3.05, 3.63) is 23.4 Å². The highest BCUT2D eigenvalue weighted by molar-refractivity contribution is 5.30. The maximum atomic E-state index is 4.06. The minimum atomic E-state index is 1.14. The molecule has 12 heavy (non-hydrogen) atoms. The van der Waals surface area contributed by atoms with Gasteiger partial charge in [-0.2, -0.15) is 0 Å². The van der Waals surface area contributed by atoms with Gasteiger partial charge in [0.2, 0.25) is 0 Å². The van der Waals surface area contributed by atoms with E-state index in [9.17, 15) is 0 Å². The van der Waals surface area contributed by atoms with Gasteiger partial charge in [0.05, 0.1) is 0 Å². The highest BCUT2D eigenvalue weighted by Crippen LogP contribution is 2.19. The maximum Gasteiger partial charge on any atom is 0.0319 e. The molecule has 0 aromatic carbocycles. The first kappa shape index (κ1) is 11.3. The molecule has 1 heteroatoms. The van der Waals surface area contributed by atoms with Crippen molar-refractivity contribution in [3.8, 4) is 0 Å². The molecule has 0 atom stereocenters. The van der Waals surface area contributed by atoms with Crippen molar-refractivity contribution in [2.45, 2.75) is 33.6 Å². The highest BCUT2D eigenvalue weighted by atomic mass is 15.1. The van der Waals surface area contributed by atoms with Gasteiger partial charge in [-0.05, 0) is 25.8 Å². The van der Waals surface area contributed by atoms with Crippen molar-refractivity contribution < 1.29 is 0 Å². The molecular weight excluding hydrogens is 146 g/mol. The van der Waals surface area contributed by atoms with Gasteiger partial charge in [0.1, 0.15) is 0 Å². The van der Waals surface area contributed by atoms with Gasteiger partial charge >= 0.3 is 0 Å². The molecule has 0 saturated heterocycles. The Morgan fingerprint density at radius 3 is 2.00 bits per heavy atom. The van der Waals surface area contributed by atoms with Crippen molar-refractivity contribution in [1.29, 1.82) is 0 Å². The lowest BCUT2D eigenvalue weighted by atomic mass is 10.0. The van der Waals surface area contributed by atoms with E-state index in [2.05, 4.69) is 32.3 Å². The van der Waals surface area contributed by atoms with Gasteiger partial charge < -0.3 is 4.90 Å². The molecule has 0 N–H and O–H groups in total. The van der Waals surface area contributed by atoms with Crippen LogP contribution in [0, 0.1) is 0 Å². The molecule has 0 spiro atoms. The molecule has 0 aliphatic rings. The lowest BCUT2D eigenvalue weighted by Crippen LogP contribution is -2.12. The fourth-order valence-corrected chi connectivity index (χ4v) is 1.20. The van der Waals surface area contributed by atoms with Crippen LogP contribution in [0.3, 0.4) is 0 Å². The topological polar surface area (TPSA) is 3.24 Å². The van der Waals surface area contributed by atoms with Gasteiger partial charge in [0, 0.05) is 19.8 Å². The lowest BCUT2D eigenvalue weighted by molar-refractivity contribution is 0.516. The first-order chi connectivity index (χ1) is 5.50. The van der Waals surface area contributed by atoms with E-state index >= 15 is 0 Å². The Morgan fingerprint density at radius 1 is 1.25 bits per heavy atom. The first-order valence-electron chi connectivity index (χ1n) is 4.53. The van der Waals surface area contributed by atoms with Crippen molar-refractivity contribution in [2.75, 3.05) is 14.1 Å². The van der Waals surface area contributed by atoms with E-state index in [0.717, 1.165) is 12.1 Å². The zero-order chi connectivity index (χ0) is 9.72. The van der Waals surface area contributed by atoms with E-state index in [0.29, 0.717) is 0 Å². The maximum absolute atomic E-state index is 4.06. The van der Waals surface area contributed by atoms with Gasteiger partial charge in [0.25, 0.3) is 0 Å². The Hall–Kier alpha value is -0.720. The van der Waals surface area contributed by atoms with Crippen LogP contribution < -0.4 is 0 Å². The molecule has 0 aliphatic carbocycles. The van der Waals surface area contributed by atoms with Crippen molar-refractivity contribution in [2.24, 2.45) is 0 Å². The second-order valence-electron chi connectivity index (χ2n) is 3.57. The third-order valence-corrected chi connectivity index (χ3v) is 1.99. The van der Waals surface area contributed by atoms with E-state index in [1.54, 1.807) is 0 Å². The summed E-state index contributed by atoms with van der Waals surface area (Å²) >= 11 is 0. The van der Waals surface area contributed by atoms with Crippen molar-refractivity contribution >= 4 is 0 Å². The van der Waals surface area contributed by atoms with Gasteiger partial charge in [-0.15, -0.1) is 0 Å². The smallest absolute Gasteiger partial charge is 0.0319 e. The molecule has 1 nitrogen and oxygen atoms in total. The zero-order valence-corrected chi connectivity index (χ0v) is 9.07. The molecule has 0 saturated carbocycles. The van der Waals surface area contributed by atoms with Crippen molar-refractivity contribution in [1.82, 2.24) is 4.90 Å². The predicted octanol–water partition coefficient (Wildman–Crippen LogP) is 3.20. The van der Waals surface area contributed by atoms with Gasteiger partial charge in [-0.1, -0.05) is 25.5 Å². The monoisotopic (exact) mass is 167 g/mol. The van der Waals surface area contributed by atoms with Crippen LogP contribution in [0.4, 0.5) is 0 Å². The molecule has 0 aromatic heterocycles. The lowest BCUT2D eigenvalue weighted by Gasteiger charge is -2.20. The summed E-state index contributed by atoms with van der Waals surface area (Å²) in [6, 6.07) is 0. The Morgan fingerprint density at radius 2 is 1.75 bits per heavy atom. The number of rotatable bonds is 4. The minimum Gasteiger partial charge on any atom is -0.378 e. The third-order valence-electron chi connectivity index (χ3n) is 1.99. The summed E-state index contributed by atoms with van der Waals surface area (Å²) in [5, 5.41) is 0. The summed E-state index contributed by atoms with van der Waals surface area (Å²) in [6.45, 7) is 10.6. The molecule has 0 unspecified atom stereocenters. The van der Waals surface area contributed by atoms with Gasteiger partial charge in [-0.3, -0.25) is 0 Å². The minimum absolute atomic E-state index is 1.14. The fraction of sp³-hybridized carbons (Fsp3) is 0.636. The van der Waals surface area contributed by atoms with Gasteiger partial charge in [-0.25, -0.2) is 0 Å². The predicted molar refractivity (Wildman–Crippen MR) is 56.1 cm³/mol. The van der Waals surface area contributed by atoms with Crippen molar-refractivity contribution in [3.63, 3.8) is 0 Å². The van der Waals surface area contributed by atoms with Crippen LogP contribution in [0.25, 0.3) is 0 Å². The van der Waals surface area contributed by atoms with E-state index < -0.39 is 0 Å². The Kier molecular flexibility index (Phi) is 4.72. The van der Waals surface area contributed by atoms with Gasteiger partial charge in [0.15, 0.2) is 0 Å². The zero-order valence-electron chi connectivity index (χ0n) is 9.07. The second kappa shape index (κ2) is 5.02. The molecule has 0 rings (SSSR count). The van der Waals surface area contributed by atoms with Crippen LogP contribution in [0.5, 0.6) is 0 Å². The standard InChI is InChI=1S/C11H21N/c1-7-8-11(9(2)3)10(4)12(5)6/h4,7-8H2,1-3,5-6H3. The quantitative estimate of drug-likeness (QED) is 0.581. The van der Waals surface area contributed by atoms with E-state index in [4.69, 9.17) is 0 Å². The highest BCUT2D eigenvalue weighted by Gasteiger charge is 2.04. The summed E-state index contributed by atoms with van der Waals surface area (Å²) in [4.78, 5) is 2.08. The SMILES string of the molecule is C=C(C(CCC)=C(C)C)N(C)C. The molecule has 0 radical (unpaired) electrons. The molecule has 0 aliphatic heterocycles. The van der Waals surface area contributed by atoms with Crippen LogP contribution in [0.1, 0.15) is 33.6 Å². The molecule has 0 aromatic rings. The summed E-state index contributed by atoms with van der Waals surface area (Å²) in [7, 11) is 4.09. The van der Waals surface area contributed by atoms with Crippen LogP contribution in [0.2, 0.25) is 0 Å². The average Bonchev–Trinajstić information content (AvgIpc) is 1.98. The molecule has 70 valence electrons. The largest absolute Gasteiger partial charge is 0.378 e. The number of nitrogens with zero attached hydrogens (tertiary/aromatic N) is 1. The molecule has 0 heterocycles. The number of allylic oxidation sites excluding steroid dienone is 2. The molecule has 0 fully saturated rings. The number of likely N-dealkylation sites (N-methyl/N-ethyl adjacent to an activating group) is 1. The average molecular weight is 167 g/mol. The number of hydrogen-bond acceptors (Lipinski definition) is 1. The van der Waals surface area contributed by atoms with E-state index in [1.165, 1.54) is 17.6 Å². The molecule has 0 bridgehead atoms. The fourth-order valence-electron chi connectivity index (χ4n) is 1.20. The number of hydrogen-bond donors (Lipinski definition) is 0. The van der Waals surface area contributed by atoms with Crippen LogP contribution in [0.15, 0.2) is 23.4 Å². The Bertz CT molecular complexity index is 183. The Balaban J connectivity index is 4.54. The van der Waals surface area contributed by atoms with E-state index in [-0.39, 0.29) is 0 Å². The van der Waals surface area contributed by atoms with E-state index in [1.807, 2.05) is 14.1 Å². The molecular formula is C11H21N. The molecule has 0 amide bonds. The van der Waals surface area contributed by atoms with Crippen LogP contribution in [-0.4, -0.2) is 19.0 Å². The first-order valence-corrected chi connectivity index (χ1v) is 4.53. The summed E-state index contributed by atoms with van der Waals surface area (Å²) in [5.41, 5.74) is 3.94. The Labute approximate surface area is 76.8 Å². The summed E-state index contributed by atoms with van der Waals surface area (Å²) in [5.74, 6) is 0. The normalized spacial score (nSPS) is 9.42. The van der Waals surface area contributed by atoms with Crippen LogP contribution >= 0.6 is 0 Å². The summed E-state index contributed by atoms with van der Waals surface area (Å²) in [6.07, 6.45) is 2.33. The third kappa shape index (κ3) is 3.12. The second-order valence-corrected chi connectivity index (χ2v) is 3.57. The summed E-state index contributed by atoms with van der Waals surface area (Å²) < 4.78 is 0.